The fourth-order valence-corrected chi connectivity index (χ4v) is 2.34. The summed E-state index contributed by atoms with van der Waals surface area (Å²) in [7, 11) is 0. The van der Waals surface area contributed by atoms with Gasteiger partial charge >= 0.3 is 6.09 Å². The Bertz CT molecular complexity index is 600. The van der Waals surface area contributed by atoms with E-state index >= 15 is 0 Å². The predicted molar refractivity (Wildman–Crippen MR) is 86.2 cm³/mol. The minimum atomic E-state index is -0.550. The second-order valence-corrected chi connectivity index (χ2v) is 6.70. The predicted octanol–water partition coefficient (Wildman–Crippen LogP) is 2.33. The van der Waals surface area contributed by atoms with Gasteiger partial charge in [0.15, 0.2) is 18.2 Å². The molecule has 132 valence electrons. The van der Waals surface area contributed by atoms with E-state index in [1.165, 1.54) is 12.1 Å². The number of rotatable bonds is 4. The quantitative estimate of drug-likeness (QED) is 0.915. The summed E-state index contributed by atoms with van der Waals surface area (Å²) in [5, 5.41) is 2.78. The third-order valence-corrected chi connectivity index (χ3v) is 3.40. The molecule has 2 rings (SSSR count). The third-order valence-electron chi connectivity index (χ3n) is 3.40. The van der Waals surface area contributed by atoms with E-state index in [9.17, 15) is 14.0 Å². The number of carbonyl (C=O) groups excluding carboxylic acids is 2. The topological polar surface area (TPSA) is 67.9 Å². The molecule has 0 aliphatic carbocycles. The van der Waals surface area contributed by atoms with Gasteiger partial charge in [0, 0.05) is 19.1 Å². The highest BCUT2D eigenvalue weighted by molar-refractivity contribution is 5.78. The van der Waals surface area contributed by atoms with E-state index in [1.54, 1.807) is 37.8 Å². The van der Waals surface area contributed by atoms with Crippen LogP contribution >= 0.6 is 0 Å². The van der Waals surface area contributed by atoms with E-state index in [0.29, 0.717) is 19.5 Å². The maximum atomic E-state index is 13.4. The van der Waals surface area contributed by atoms with Crippen LogP contribution in [0.3, 0.4) is 0 Å². The van der Waals surface area contributed by atoms with Gasteiger partial charge in [-0.3, -0.25) is 4.79 Å². The van der Waals surface area contributed by atoms with E-state index in [0.717, 1.165) is 0 Å². The Kier molecular flexibility index (Phi) is 5.64. The molecular weight excluding hydrogens is 315 g/mol. The Balaban J connectivity index is 1.75. The summed E-state index contributed by atoms with van der Waals surface area (Å²) in [6.45, 7) is 6.05. The maximum absolute atomic E-state index is 13.4. The molecule has 1 heterocycles. The number of carbonyl (C=O) groups is 2. The highest BCUT2D eigenvalue weighted by Crippen LogP contribution is 2.16. The third kappa shape index (κ3) is 5.40. The summed E-state index contributed by atoms with van der Waals surface area (Å²) in [6.07, 6.45) is 0.256. The molecule has 0 saturated carbocycles. The van der Waals surface area contributed by atoms with E-state index in [-0.39, 0.29) is 30.4 Å². The largest absolute Gasteiger partial charge is 0.481 e. The molecule has 1 aromatic carbocycles. The van der Waals surface area contributed by atoms with Crippen LogP contribution in [-0.2, 0) is 9.53 Å². The van der Waals surface area contributed by atoms with E-state index in [1.807, 2.05) is 0 Å². The van der Waals surface area contributed by atoms with Crippen molar-refractivity contribution >= 4 is 12.0 Å². The average Bonchev–Trinajstić information content (AvgIpc) is 2.93. The molecule has 6 nitrogen and oxygen atoms in total. The van der Waals surface area contributed by atoms with Crippen LogP contribution in [-0.4, -0.2) is 48.2 Å². The standard InChI is InChI=1S/C17H23FN2O4/c1-17(2,3)24-16(22)20-9-8-12(10-20)19-15(21)11-23-14-7-5-4-6-13(14)18/h4-7,12H,8-11H2,1-3H3,(H,19,21)/t12-/m0/s1. The van der Waals surface area contributed by atoms with Gasteiger partial charge in [-0.05, 0) is 39.3 Å². The molecule has 1 aromatic rings. The van der Waals surface area contributed by atoms with Crippen LogP contribution < -0.4 is 10.1 Å². The lowest BCUT2D eigenvalue weighted by Gasteiger charge is -2.24. The van der Waals surface area contributed by atoms with Crippen LogP contribution in [0, 0.1) is 5.82 Å². The van der Waals surface area contributed by atoms with Gasteiger partial charge in [-0.25, -0.2) is 9.18 Å². The molecule has 0 spiro atoms. The van der Waals surface area contributed by atoms with Crippen LogP contribution in [0.1, 0.15) is 27.2 Å². The highest BCUT2D eigenvalue weighted by Gasteiger charge is 2.30. The van der Waals surface area contributed by atoms with Gasteiger partial charge in [-0.15, -0.1) is 0 Å². The number of hydrogen-bond donors (Lipinski definition) is 1. The molecule has 2 amide bonds. The van der Waals surface area contributed by atoms with Crippen LogP contribution in [0.2, 0.25) is 0 Å². The zero-order chi connectivity index (χ0) is 17.7. The molecule has 1 saturated heterocycles. The van der Waals surface area contributed by atoms with E-state index < -0.39 is 11.4 Å². The first-order valence-electron chi connectivity index (χ1n) is 7.89. The number of benzene rings is 1. The van der Waals surface area contributed by atoms with Crippen molar-refractivity contribution in [3.63, 3.8) is 0 Å². The number of likely N-dealkylation sites (tertiary alicyclic amines) is 1. The minimum Gasteiger partial charge on any atom is -0.481 e. The van der Waals surface area contributed by atoms with Gasteiger partial charge < -0.3 is 19.7 Å². The molecule has 0 radical (unpaired) electrons. The Hall–Kier alpha value is -2.31. The molecule has 0 unspecified atom stereocenters. The number of hydrogen-bond acceptors (Lipinski definition) is 4. The number of nitrogens with zero attached hydrogens (tertiary/aromatic N) is 1. The number of ether oxygens (including phenoxy) is 2. The monoisotopic (exact) mass is 338 g/mol. The van der Waals surface area contributed by atoms with Crippen molar-refractivity contribution in [2.75, 3.05) is 19.7 Å². The lowest BCUT2D eigenvalue weighted by Crippen LogP contribution is -2.41. The van der Waals surface area contributed by atoms with Crippen molar-refractivity contribution < 1.29 is 23.5 Å². The summed E-state index contributed by atoms with van der Waals surface area (Å²) in [4.78, 5) is 25.4. The normalized spacial score (nSPS) is 17.5. The first kappa shape index (κ1) is 18.0. The summed E-state index contributed by atoms with van der Waals surface area (Å²) in [5.41, 5.74) is -0.550. The van der Waals surface area contributed by atoms with E-state index in [4.69, 9.17) is 9.47 Å². The Morgan fingerprint density at radius 2 is 2.04 bits per heavy atom. The first-order chi connectivity index (χ1) is 11.2. The number of halogens is 1. The van der Waals surface area contributed by atoms with E-state index in [2.05, 4.69) is 5.32 Å². The smallest absolute Gasteiger partial charge is 0.410 e. The highest BCUT2D eigenvalue weighted by atomic mass is 19.1. The van der Waals surface area contributed by atoms with Gasteiger partial charge in [0.05, 0.1) is 0 Å². The zero-order valence-corrected chi connectivity index (χ0v) is 14.2. The number of para-hydroxylation sites is 1. The van der Waals surface area contributed by atoms with Crippen LogP contribution in [0.5, 0.6) is 5.75 Å². The minimum absolute atomic E-state index is 0.0365. The summed E-state index contributed by atoms with van der Waals surface area (Å²) >= 11 is 0. The van der Waals surface area contributed by atoms with Crippen molar-refractivity contribution in [2.45, 2.75) is 38.8 Å². The Morgan fingerprint density at radius 3 is 2.71 bits per heavy atom. The summed E-state index contributed by atoms with van der Waals surface area (Å²) in [6, 6.07) is 5.75. The molecule has 1 N–H and O–H groups in total. The molecular formula is C17H23FN2O4. The Morgan fingerprint density at radius 1 is 1.33 bits per heavy atom. The Labute approximate surface area is 140 Å². The van der Waals surface area contributed by atoms with Crippen molar-refractivity contribution in [3.8, 4) is 5.75 Å². The molecule has 1 fully saturated rings. The molecule has 24 heavy (non-hydrogen) atoms. The number of nitrogens with one attached hydrogen (secondary N) is 1. The lowest BCUT2D eigenvalue weighted by atomic mass is 10.2. The maximum Gasteiger partial charge on any atom is 0.410 e. The molecule has 0 aromatic heterocycles. The van der Waals surface area contributed by atoms with Gasteiger partial charge in [-0.2, -0.15) is 0 Å². The van der Waals surface area contributed by atoms with Gasteiger partial charge in [0.25, 0.3) is 5.91 Å². The molecule has 1 aliphatic heterocycles. The van der Waals surface area contributed by atoms with Crippen LogP contribution in [0.15, 0.2) is 24.3 Å². The fraction of sp³-hybridized carbons (Fsp3) is 0.529. The zero-order valence-electron chi connectivity index (χ0n) is 14.2. The van der Waals surface area contributed by atoms with Crippen molar-refractivity contribution in [1.82, 2.24) is 10.2 Å². The number of amides is 2. The lowest BCUT2D eigenvalue weighted by molar-refractivity contribution is -0.123. The van der Waals surface area contributed by atoms with Gasteiger partial charge in [0.2, 0.25) is 0 Å². The SMILES string of the molecule is CC(C)(C)OC(=O)N1CC[C@H](NC(=O)COc2ccccc2F)C1. The summed E-state index contributed by atoms with van der Waals surface area (Å²) < 4.78 is 23.9. The first-order valence-corrected chi connectivity index (χ1v) is 7.89. The average molecular weight is 338 g/mol. The molecule has 1 aliphatic rings. The molecule has 0 bridgehead atoms. The van der Waals surface area contributed by atoms with Gasteiger partial charge in [-0.1, -0.05) is 12.1 Å². The fourth-order valence-electron chi connectivity index (χ4n) is 2.34. The van der Waals surface area contributed by atoms with Crippen molar-refractivity contribution in [3.05, 3.63) is 30.1 Å². The van der Waals surface area contributed by atoms with Crippen molar-refractivity contribution in [2.24, 2.45) is 0 Å². The van der Waals surface area contributed by atoms with Crippen LogP contribution in [0.4, 0.5) is 9.18 Å². The summed E-state index contributed by atoms with van der Waals surface area (Å²) in [5.74, 6) is -0.828. The second-order valence-electron chi connectivity index (χ2n) is 6.70. The van der Waals surface area contributed by atoms with Crippen molar-refractivity contribution in [1.29, 1.82) is 0 Å². The second kappa shape index (κ2) is 7.51. The van der Waals surface area contributed by atoms with Gasteiger partial charge in [0.1, 0.15) is 5.60 Å². The van der Waals surface area contributed by atoms with Crippen LogP contribution in [0.25, 0.3) is 0 Å². The molecule has 7 heteroatoms. The molecule has 1 atom stereocenters.